The third-order valence-electron chi connectivity index (χ3n) is 3.57. The number of aromatic nitrogens is 2. The van der Waals surface area contributed by atoms with Gasteiger partial charge in [0.15, 0.2) is 0 Å². The van der Waals surface area contributed by atoms with E-state index in [4.69, 9.17) is 5.73 Å². The molecule has 1 aromatic heterocycles. The topological polar surface area (TPSA) is 47.1 Å². The first-order valence-electron chi connectivity index (χ1n) is 7.10. The van der Waals surface area contributed by atoms with Gasteiger partial charge < -0.3 is 10.6 Å². The molecule has 0 radical (unpaired) electrons. The summed E-state index contributed by atoms with van der Waals surface area (Å²) >= 11 is 0. The Morgan fingerprint density at radius 2 is 2.00 bits per heavy atom. The molecule has 0 aliphatic rings. The molecule has 104 valence electrons. The molecule has 0 fully saturated rings. The van der Waals surface area contributed by atoms with Gasteiger partial charge in [0.05, 0.1) is 5.69 Å². The van der Waals surface area contributed by atoms with E-state index < -0.39 is 0 Å². The van der Waals surface area contributed by atoms with Crippen molar-refractivity contribution in [2.75, 3.05) is 19.6 Å². The molecule has 0 aliphatic heterocycles. The SMILES string of the molecule is CCc1cc(CC(N)CCN(CC)CC)n(C)n1. The molecule has 1 aromatic rings. The zero-order valence-corrected chi connectivity index (χ0v) is 12.3. The summed E-state index contributed by atoms with van der Waals surface area (Å²) in [6.45, 7) is 9.83. The van der Waals surface area contributed by atoms with Gasteiger partial charge in [-0.25, -0.2) is 0 Å². The predicted octanol–water partition coefficient (Wildman–Crippen LogP) is 1.58. The van der Waals surface area contributed by atoms with Gasteiger partial charge in [-0.05, 0) is 38.5 Å². The van der Waals surface area contributed by atoms with Crippen LogP contribution in [0.5, 0.6) is 0 Å². The van der Waals surface area contributed by atoms with Gasteiger partial charge in [-0.2, -0.15) is 5.10 Å². The number of aryl methyl sites for hydroxylation is 2. The van der Waals surface area contributed by atoms with Crippen LogP contribution in [0.1, 0.15) is 38.6 Å². The van der Waals surface area contributed by atoms with Crippen LogP contribution in [-0.2, 0) is 19.9 Å². The number of rotatable bonds is 8. The third-order valence-corrected chi connectivity index (χ3v) is 3.57. The van der Waals surface area contributed by atoms with Crippen LogP contribution in [0.25, 0.3) is 0 Å². The summed E-state index contributed by atoms with van der Waals surface area (Å²) in [6.07, 6.45) is 2.96. The maximum Gasteiger partial charge on any atom is 0.0624 e. The summed E-state index contributed by atoms with van der Waals surface area (Å²) in [5, 5.41) is 4.46. The van der Waals surface area contributed by atoms with E-state index >= 15 is 0 Å². The van der Waals surface area contributed by atoms with Crippen molar-refractivity contribution in [1.82, 2.24) is 14.7 Å². The standard InChI is InChI=1S/C14H28N4/c1-5-13-11-14(17(4)16-13)10-12(15)8-9-18(6-2)7-3/h11-12H,5-10,15H2,1-4H3. The lowest BCUT2D eigenvalue weighted by molar-refractivity contribution is 0.289. The number of hydrogen-bond donors (Lipinski definition) is 1. The molecule has 0 aliphatic carbocycles. The molecule has 0 saturated carbocycles. The zero-order valence-electron chi connectivity index (χ0n) is 12.3. The first-order chi connectivity index (χ1) is 8.60. The van der Waals surface area contributed by atoms with Gasteiger partial charge in [-0.15, -0.1) is 0 Å². The average molecular weight is 252 g/mol. The van der Waals surface area contributed by atoms with Crippen LogP contribution < -0.4 is 5.73 Å². The Balaban J connectivity index is 2.43. The van der Waals surface area contributed by atoms with Gasteiger partial charge in [-0.1, -0.05) is 20.8 Å². The second-order valence-corrected chi connectivity index (χ2v) is 4.88. The molecule has 1 unspecified atom stereocenters. The molecule has 1 heterocycles. The van der Waals surface area contributed by atoms with Gasteiger partial charge in [0, 0.05) is 25.2 Å². The highest BCUT2D eigenvalue weighted by atomic mass is 15.3. The van der Waals surface area contributed by atoms with E-state index in [2.05, 4.69) is 36.8 Å². The second kappa shape index (κ2) is 7.54. The number of nitrogens with zero attached hydrogens (tertiary/aromatic N) is 3. The lowest BCUT2D eigenvalue weighted by Crippen LogP contribution is -2.32. The Kier molecular flexibility index (Phi) is 6.36. The molecule has 2 N–H and O–H groups in total. The average Bonchev–Trinajstić information content (AvgIpc) is 2.71. The van der Waals surface area contributed by atoms with E-state index in [0.29, 0.717) is 0 Å². The Bertz CT molecular complexity index is 342. The van der Waals surface area contributed by atoms with Crippen molar-refractivity contribution in [3.8, 4) is 0 Å². The highest BCUT2D eigenvalue weighted by molar-refractivity contribution is 5.11. The first kappa shape index (κ1) is 15.2. The monoisotopic (exact) mass is 252 g/mol. The minimum absolute atomic E-state index is 0.228. The Morgan fingerprint density at radius 1 is 1.33 bits per heavy atom. The van der Waals surface area contributed by atoms with Crippen molar-refractivity contribution in [3.63, 3.8) is 0 Å². The highest BCUT2D eigenvalue weighted by Crippen LogP contribution is 2.08. The van der Waals surface area contributed by atoms with Crippen molar-refractivity contribution in [2.45, 2.75) is 46.1 Å². The first-order valence-corrected chi connectivity index (χ1v) is 7.10. The van der Waals surface area contributed by atoms with Crippen LogP contribution in [-0.4, -0.2) is 40.4 Å². The summed E-state index contributed by atoms with van der Waals surface area (Å²) in [5.41, 5.74) is 8.62. The van der Waals surface area contributed by atoms with Crippen LogP contribution in [0.3, 0.4) is 0 Å². The minimum atomic E-state index is 0.228. The fraction of sp³-hybridized carbons (Fsp3) is 0.786. The van der Waals surface area contributed by atoms with Crippen molar-refractivity contribution in [1.29, 1.82) is 0 Å². The lowest BCUT2D eigenvalue weighted by Gasteiger charge is -2.20. The molecule has 0 bridgehead atoms. The predicted molar refractivity (Wildman–Crippen MR) is 76.7 cm³/mol. The molecular weight excluding hydrogens is 224 g/mol. The van der Waals surface area contributed by atoms with Crippen LogP contribution >= 0.6 is 0 Å². The van der Waals surface area contributed by atoms with Crippen LogP contribution in [0, 0.1) is 0 Å². The lowest BCUT2D eigenvalue weighted by atomic mass is 10.1. The quantitative estimate of drug-likeness (QED) is 0.764. The van der Waals surface area contributed by atoms with Crippen molar-refractivity contribution >= 4 is 0 Å². The fourth-order valence-electron chi connectivity index (χ4n) is 2.19. The van der Waals surface area contributed by atoms with E-state index in [1.165, 1.54) is 5.69 Å². The van der Waals surface area contributed by atoms with Crippen LogP contribution in [0.2, 0.25) is 0 Å². The third kappa shape index (κ3) is 4.42. The van der Waals surface area contributed by atoms with Crippen LogP contribution in [0.4, 0.5) is 0 Å². The van der Waals surface area contributed by atoms with Crippen molar-refractivity contribution in [3.05, 3.63) is 17.5 Å². The van der Waals surface area contributed by atoms with Crippen molar-refractivity contribution in [2.24, 2.45) is 12.8 Å². The molecule has 0 aromatic carbocycles. The Hall–Kier alpha value is -0.870. The summed E-state index contributed by atoms with van der Waals surface area (Å²) < 4.78 is 1.97. The van der Waals surface area contributed by atoms with E-state index in [1.807, 2.05) is 11.7 Å². The van der Waals surface area contributed by atoms with Crippen molar-refractivity contribution < 1.29 is 0 Å². The maximum atomic E-state index is 6.22. The molecule has 0 amide bonds. The summed E-state index contributed by atoms with van der Waals surface area (Å²) in [5.74, 6) is 0. The summed E-state index contributed by atoms with van der Waals surface area (Å²) in [4.78, 5) is 2.42. The largest absolute Gasteiger partial charge is 0.327 e. The van der Waals surface area contributed by atoms with E-state index in [1.54, 1.807) is 0 Å². The Labute approximate surface area is 111 Å². The molecule has 1 atom stereocenters. The highest BCUT2D eigenvalue weighted by Gasteiger charge is 2.10. The smallest absolute Gasteiger partial charge is 0.0624 e. The molecule has 0 spiro atoms. The second-order valence-electron chi connectivity index (χ2n) is 4.88. The fourth-order valence-corrected chi connectivity index (χ4v) is 2.19. The molecule has 4 nitrogen and oxygen atoms in total. The number of hydrogen-bond acceptors (Lipinski definition) is 3. The van der Waals surface area contributed by atoms with Gasteiger partial charge in [0.1, 0.15) is 0 Å². The van der Waals surface area contributed by atoms with Gasteiger partial charge >= 0.3 is 0 Å². The van der Waals surface area contributed by atoms with Gasteiger partial charge in [0.2, 0.25) is 0 Å². The van der Waals surface area contributed by atoms with Crippen LogP contribution in [0.15, 0.2) is 6.07 Å². The summed E-state index contributed by atoms with van der Waals surface area (Å²) in [7, 11) is 2.01. The number of nitrogens with two attached hydrogens (primary N) is 1. The molecule has 18 heavy (non-hydrogen) atoms. The van der Waals surface area contributed by atoms with Gasteiger partial charge in [0.25, 0.3) is 0 Å². The molecule has 0 saturated heterocycles. The van der Waals surface area contributed by atoms with E-state index in [9.17, 15) is 0 Å². The molecule has 1 rings (SSSR count). The van der Waals surface area contributed by atoms with E-state index in [-0.39, 0.29) is 6.04 Å². The minimum Gasteiger partial charge on any atom is -0.327 e. The van der Waals surface area contributed by atoms with Gasteiger partial charge in [-0.3, -0.25) is 4.68 Å². The molecule has 4 heteroatoms. The zero-order chi connectivity index (χ0) is 13.5. The Morgan fingerprint density at radius 3 is 2.50 bits per heavy atom. The molecular formula is C14H28N4. The van der Waals surface area contributed by atoms with E-state index in [0.717, 1.165) is 44.6 Å². The summed E-state index contributed by atoms with van der Waals surface area (Å²) in [6, 6.07) is 2.41. The maximum absolute atomic E-state index is 6.22. The normalized spacial score (nSPS) is 13.2.